The van der Waals surface area contributed by atoms with E-state index in [0.29, 0.717) is 0 Å². The lowest BCUT2D eigenvalue weighted by Crippen LogP contribution is -2.35. The van der Waals surface area contributed by atoms with Crippen LogP contribution in [0.25, 0.3) is 0 Å². The van der Waals surface area contributed by atoms with E-state index in [4.69, 9.17) is 9.47 Å². The molecule has 0 bridgehead atoms. The Hall–Kier alpha value is -6.84. The van der Waals surface area contributed by atoms with Gasteiger partial charge in [0.05, 0.1) is 57.3 Å². The Balaban J connectivity index is 1.51. The van der Waals surface area contributed by atoms with Crippen molar-refractivity contribution < 1.29 is 53.4 Å². The van der Waals surface area contributed by atoms with Gasteiger partial charge in [0.25, 0.3) is 17.5 Å². The van der Waals surface area contributed by atoms with Crippen molar-refractivity contribution in [2.24, 2.45) is 0 Å². The van der Waals surface area contributed by atoms with Gasteiger partial charge < -0.3 is 35.6 Å². The van der Waals surface area contributed by atoms with Crippen molar-refractivity contribution >= 4 is 41.4 Å². The van der Waals surface area contributed by atoms with Crippen molar-refractivity contribution in [3.63, 3.8) is 0 Å². The molecule has 5 N–H and O–H groups in total. The third-order valence-corrected chi connectivity index (χ3v) is 7.69. The van der Waals surface area contributed by atoms with E-state index in [1.165, 1.54) is 86.6 Å². The van der Waals surface area contributed by atoms with Gasteiger partial charge in [-0.05, 0) is 38.1 Å². The first-order chi connectivity index (χ1) is 24.3. The number of allylic oxidation sites excluding steroid dienone is 2. The van der Waals surface area contributed by atoms with Crippen LogP contribution in [0, 0.1) is 10.1 Å². The number of nitro groups is 1. The monoisotopic (exact) mass is 700 g/mol. The van der Waals surface area contributed by atoms with Crippen LogP contribution in [-0.4, -0.2) is 77.1 Å². The fraction of sp³-hybridized carbons (Fsp3) is 0.200. The minimum absolute atomic E-state index is 0.0150. The summed E-state index contributed by atoms with van der Waals surface area (Å²) < 4.78 is 10.8. The molecule has 1 heterocycles. The number of amides is 2. The molecule has 0 aliphatic carbocycles. The molecular formula is C35H32N4O12. The number of esters is 2. The number of ether oxygens (including phenoxy) is 2. The van der Waals surface area contributed by atoms with Crippen molar-refractivity contribution in [1.29, 1.82) is 0 Å². The lowest BCUT2D eigenvalue weighted by molar-refractivity contribution is -0.385. The number of hydrogen-bond acceptors (Lipinski definition) is 11. The molecular weight excluding hydrogens is 668 g/mol. The molecule has 2 amide bonds. The molecule has 16 heteroatoms. The second kappa shape index (κ2) is 16.5. The number of carbonyl (C=O) groups excluding carboxylic acids is 4. The van der Waals surface area contributed by atoms with Crippen molar-refractivity contribution in [2.75, 3.05) is 26.3 Å². The molecule has 264 valence electrons. The molecule has 0 atom stereocenters. The number of nitrogens with zero attached hydrogens (tertiary/aromatic N) is 1. The maximum absolute atomic E-state index is 13.6. The first kappa shape index (κ1) is 37.0. The Labute approximate surface area is 289 Å². The van der Waals surface area contributed by atoms with E-state index in [0.717, 1.165) is 0 Å². The highest BCUT2D eigenvalue weighted by Crippen LogP contribution is 2.42. The molecule has 0 unspecified atom stereocenters. The number of benzene rings is 3. The molecule has 0 radical (unpaired) electrons. The summed E-state index contributed by atoms with van der Waals surface area (Å²) in [5.74, 6) is -7.32. The summed E-state index contributed by atoms with van der Waals surface area (Å²) >= 11 is 0. The van der Waals surface area contributed by atoms with Crippen LogP contribution in [0.15, 0.2) is 95.3 Å². The molecule has 3 aromatic rings. The number of carboxylic acids is 2. The lowest BCUT2D eigenvalue weighted by atomic mass is 9.79. The highest BCUT2D eigenvalue weighted by molar-refractivity contribution is 6.05. The normalized spacial score (nSPS) is 12.7. The molecule has 0 aromatic heterocycles. The number of rotatable bonds is 14. The van der Waals surface area contributed by atoms with Gasteiger partial charge in [0.15, 0.2) is 0 Å². The van der Waals surface area contributed by atoms with Gasteiger partial charge in [-0.25, -0.2) is 19.2 Å². The predicted octanol–water partition coefficient (Wildman–Crippen LogP) is 3.17. The average Bonchev–Trinajstić information content (AvgIpc) is 3.11. The van der Waals surface area contributed by atoms with Crippen LogP contribution in [0.4, 0.5) is 5.69 Å². The minimum Gasteiger partial charge on any atom is -0.478 e. The molecule has 3 aromatic carbocycles. The average molecular weight is 701 g/mol. The van der Waals surface area contributed by atoms with Crippen molar-refractivity contribution in [3.05, 3.63) is 133 Å². The van der Waals surface area contributed by atoms with Crippen LogP contribution in [0.2, 0.25) is 0 Å². The Bertz CT molecular complexity index is 1870. The summed E-state index contributed by atoms with van der Waals surface area (Å²) in [4.78, 5) is 86.8. The predicted molar refractivity (Wildman–Crippen MR) is 178 cm³/mol. The second-order valence-corrected chi connectivity index (χ2v) is 10.9. The molecule has 1 aliphatic heterocycles. The molecule has 0 saturated heterocycles. The summed E-state index contributed by atoms with van der Waals surface area (Å²) in [5.41, 5.74) is -0.907. The van der Waals surface area contributed by atoms with Crippen LogP contribution in [-0.2, 0) is 19.1 Å². The van der Waals surface area contributed by atoms with Crippen molar-refractivity contribution in [2.45, 2.75) is 19.8 Å². The fourth-order valence-electron chi connectivity index (χ4n) is 5.44. The molecule has 0 spiro atoms. The maximum atomic E-state index is 13.6. The first-order valence-electron chi connectivity index (χ1n) is 15.3. The molecule has 51 heavy (non-hydrogen) atoms. The third-order valence-electron chi connectivity index (χ3n) is 7.69. The Morgan fingerprint density at radius 1 is 0.686 bits per heavy atom. The first-order valence-corrected chi connectivity index (χ1v) is 15.3. The smallest absolute Gasteiger partial charge is 0.336 e. The SMILES string of the molecule is CC1=C(C(=O)OCCNC(=O)c2ccccc2C(=O)O)C(c2ccccc2[N+](=O)[O-])C(C(=O)OCCNC(=O)c2ccccc2C(=O)O)=C(C)N1. The quantitative estimate of drug-likeness (QED) is 0.0704. The number of carbonyl (C=O) groups is 6. The number of nitrogens with one attached hydrogen (secondary N) is 3. The number of hydrogen-bond donors (Lipinski definition) is 5. The van der Waals surface area contributed by atoms with E-state index in [-0.39, 0.29) is 76.7 Å². The van der Waals surface area contributed by atoms with Gasteiger partial charge in [-0.2, -0.15) is 0 Å². The number of aromatic carboxylic acids is 2. The van der Waals surface area contributed by atoms with E-state index in [1.807, 2.05) is 0 Å². The lowest BCUT2D eigenvalue weighted by Gasteiger charge is -2.30. The van der Waals surface area contributed by atoms with E-state index < -0.39 is 52.2 Å². The van der Waals surface area contributed by atoms with Gasteiger partial charge in [0, 0.05) is 23.0 Å². The maximum Gasteiger partial charge on any atom is 0.336 e. The van der Waals surface area contributed by atoms with E-state index >= 15 is 0 Å². The largest absolute Gasteiger partial charge is 0.478 e. The van der Waals surface area contributed by atoms with Gasteiger partial charge in [-0.15, -0.1) is 0 Å². The Kier molecular flexibility index (Phi) is 12.0. The number of para-hydroxylation sites is 1. The molecule has 0 fully saturated rings. The third kappa shape index (κ3) is 8.61. The second-order valence-electron chi connectivity index (χ2n) is 10.9. The van der Waals surface area contributed by atoms with Crippen LogP contribution in [0.5, 0.6) is 0 Å². The molecule has 1 aliphatic rings. The number of carboxylic acid groups (broad SMARTS) is 2. The zero-order chi connectivity index (χ0) is 37.2. The van der Waals surface area contributed by atoms with Crippen LogP contribution >= 0.6 is 0 Å². The van der Waals surface area contributed by atoms with Crippen molar-refractivity contribution in [1.82, 2.24) is 16.0 Å². The summed E-state index contributed by atoms with van der Waals surface area (Å²) in [6.45, 7) is 1.82. The molecule has 16 nitrogen and oxygen atoms in total. The highest BCUT2D eigenvalue weighted by atomic mass is 16.6. The fourth-order valence-corrected chi connectivity index (χ4v) is 5.44. The van der Waals surface area contributed by atoms with Gasteiger partial charge in [-0.3, -0.25) is 19.7 Å². The van der Waals surface area contributed by atoms with Crippen LogP contribution in [0.1, 0.15) is 66.8 Å². The minimum atomic E-state index is -1.35. The summed E-state index contributed by atoms with van der Waals surface area (Å²) in [5, 5.41) is 38.7. The van der Waals surface area contributed by atoms with Crippen LogP contribution < -0.4 is 16.0 Å². The van der Waals surface area contributed by atoms with E-state index in [9.17, 15) is 49.1 Å². The Morgan fingerprint density at radius 2 is 1.08 bits per heavy atom. The summed E-state index contributed by atoms with van der Waals surface area (Å²) in [7, 11) is 0. The van der Waals surface area contributed by atoms with E-state index in [1.54, 1.807) is 0 Å². The van der Waals surface area contributed by atoms with E-state index in [2.05, 4.69) is 16.0 Å². The van der Waals surface area contributed by atoms with Gasteiger partial charge in [-0.1, -0.05) is 42.5 Å². The van der Waals surface area contributed by atoms with Crippen LogP contribution in [0.3, 0.4) is 0 Å². The zero-order valence-electron chi connectivity index (χ0n) is 27.3. The summed E-state index contributed by atoms with van der Waals surface area (Å²) in [6, 6.07) is 16.6. The van der Waals surface area contributed by atoms with Gasteiger partial charge >= 0.3 is 23.9 Å². The molecule has 4 rings (SSSR count). The highest BCUT2D eigenvalue weighted by Gasteiger charge is 2.41. The number of nitro benzene ring substituents is 1. The van der Waals surface area contributed by atoms with Gasteiger partial charge in [0.1, 0.15) is 13.2 Å². The summed E-state index contributed by atoms with van der Waals surface area (Å²) in [6.07, 6.45) is 0. The van der Waals surface area contributed by atoms with Gasteiger partial charge in [0.2, 0.25) is 0 Å². The molecule has 0 saturated carbocycles. The Morgan fingerprint density at radius 3 is 1.49 bits per heavy atom. The number of dihydropyridines is 1. The standard InChI is InChI=1S/C35H32N4O12/c1-19-27(34(46)50-17-15-36-30(40)21-9-3-5-11-23(21)32(42)43)29(25-13-7-8-14-26(25)39(48)49)28(20(2)38-19)35(47)51-18-16-37-31(41)22-10-4-6-12-24(22)33(44)45/h3-14,29,38H,15-18H2,1-2H3,(H,36,40)(H,37,41)(H,42,43)(H,44,45). The topological polar surface area (TPSA) is 241 Å². The van der Waals surface area contributed by atoms with Crippen molar-refractivity contribution in [3.8, 4) is 0 Å². The zero-order valence-corrected chi connectivity index (χ0v) is 27.3.